The molecule has 3 aromatic rings. The number of ketones is 2. The number of likely N-dealkylation sites (tertiary alicyclic amines) is 1. The molecule has 0 aromatic heterocycles. The van der Waals surface area contributed by atoms with Crippen LogP contribution in [0.2, 0.25) is 0 Å². The third-order valence-electron chi connectivity index (χ3n) is 10.2. The monoisotopic (exact) mass is 680 g/mol. The van der Waals surface area contributed by atoms with Gasteiger partial charge < -0.3 is 15.6 Å². The fourth-order valence-electron chi connectivity index (χ4n) is 8.38. The maximum absolute atomic E-state index is 15.0. The second-order valence-corrected chi connectivity index (χ2v) is 13.0. The largest absolute Gasteiger partial charge is 0.503 e. The van der Waals surface area contributed by atoms with Gasteiger partial charge in [-0.1, -0.05) is 72.3 Å². The minimum absolute atomic E-state index is 0.0924. The number of ether oxygens (including phenoxy) is 1. The van der Waals surface area contributed by atoms with Gasteiger partial charge in [-0.15, -0.1) is 0 Å². The number of rotatable bonds is 4. The van der Waals surface area contributed by atoms with E-state index in [0.717, 1.165) is 0 Å². The van der Waals surface area contributed by atoms with E-state index in [2.05, 4.69) is 15.9 Å². The summed E-state index contributed by atoms with van der Waals surface area (Å²) in [5.41, 5.74) is 6.84. The van der Waals surface area contributed by atoms with Gasteiger partial charge in [0.05, 0.1) is 28.8 Å². The van der Waals surface area contributed by atoms with Crippen LogP contribution in [-0.2, 0) is 24.6 Å². The number of halogens is 1. The molecule has 4 amide bonds. The van der Waals surface area contributed by atoms with Crippen LogP contribution in [0.1, 0.15) is 35.4 Å². The summed E-state index contributed by atoms with van der Waals surface area (Å²) < 4.78 is 5.83. The lowest BCUT2D eigenvalue weighted by Gasteiger charge is -2.55. The summed E-state index contributed by atoms with van der Waals surface area (Å²) in [5.74, 6) is -6.02. The zero-order valence-electron chi connectivity index (χ0n) is 24.7. The molecule has 2 fully saturated rings. The molecule has 3 aliphatic carbocycles. The van der Waals surface area contributed by atoms with Gasteiger partial charge in [-0.3, -0.25) is 19.2 Å². The molecule has 1 aliphatic heterocycles. The average molecular weight is 682 g/mol. The van der Waals surface area contributed by atoms with Crippen molar-refractivity contribution < 1.29 is 33.8 Å². The summed E-state index contributed by atoms with van der Waals surface area (Å²) in [4.78, 5) is 69.7. The van der Waals surface area contributed by atoms with Crippen molar-refractivity contribution in [3.05, 3.63) is 112 Å². The molecule has 1 saturated carbocycles. The number of methoxy groups -OCH3 is 1. The number of amides is 4. The zero-order chi connectivity index (χ0) is 32.5. The maximum Gasteiger partial charge on any atom is 0.328 e. The highest BCUT2D eigenvalue weighted by atomic mass is 79.9. The van der Waals surface area contributed by atoms with Gasteiger partial charge in [-0.05, 0) is 69.6 Å². The van der Waals surface area contributed by atoms with E-state index in [-0.39, 0.29) is 41.5 Å². The average Bonchev–Trinajstić information content (AvgIpc) is 3.33. The van der Waals surface area contributed by atoms with Crippen molar-refractivity contribution in [3.63, 3.8) is 0 Å². The Labute approximate surface area is 272 Å². The lowest BCUT2D eigenvalue weighted by Crippen LogP contribution is -2.58. The first-order chi connectivity index (χ1) is 22.1. The number of urea groups is 1. The van der Waals surface area contributed by atoms with Crippen molar-refractivity contribution in [1.82, 2.24) is 4.90 Å². The lowest BCUT2D eigenvalue weighted by molar-refractivity contribution is -0.137. The van der Waals surface area contributed by atoms with E-state index in [4.69, 9.17) is 10.5 Å². The van der Waals surface area contributed by atoms with Crippen molar-refractivity contribution in [2.45, 2.75) is 24.2 Å². The number of nitrogens with two attached hydrogens (primary N) is 1. The van der Waals surface area contributed by atoms with Gasteiger partial charge in [-0.2, -0.15) is 4.90 Å². The Morgan fingerprint density at radius 1 is 0.978 bits per heavy atom. The first-order valence-corrected chi connectivity index (χ1v) is 15.7. The van der Waals surface area contributed by atoms with E-state index in [0.29, 0.717) is 31.6 Å². The van der Waals surface area contributed by atoms with Crippen molar-refractivity contribution in [2.75, 3.05) is 7.11 Å². The van der Waals surface area contributed by atoms with Gasteiger partial charge in [0.2, 0.25) is 11.8 Å². The lowest BCUT2D eigenvalue weighted by atomic mass is 9.44. The van der Waals surface area contributed by atoms with E-state index >= 15 is 0 Å². The first-order valence-electron chi connectivity index (χ1n) is 15.0. The number of phenols is 1. The molecular formula is C36H29BrN2O7. The van der Waals surface area contributed by atoms with Crippen molar-refractivity contribution >= 4 is 50.9 Å². The predicted octanol–water partition coefficient (Wildman–Crippen LogP) is 5.07. The molecule has 10 heteroatoms. The summed E-state index contributed by atoms with van der Waals surface area (Å²) in [5, 5.41) is 10.7. The Morgan fingerprint density at radius 2 is 1.65 bits per heavy atom. The Balaban J connectivity index is 1.54. The van der Waals surface area contributed by atoms with Crippen LogP contribution in [0.15, 0.2) is 95.0 Å². The maximum atomic E-state index is 15.0. The van der Waals surface area contributed by atoms with Gasteiger partial charge in [0.25, 0.3) is 0 Å². The quantitative estimate of drug-likeness (QED) is 0.289. The van der Waals surface area contributed by atoms with E-state index < -0.39 is 52.8 Å². The number of carbonyl (C=O) groups is 5. The molecule has 1 saturated heterocycles. The number of primary amides is 1. The van der Waals surface area contributed by atoms with Crippen LogP contribution in [0.5, 0.6) is 11.5 Å². The minimum Gasteiger partial charge on any atom is -0.503 e. The topological polar surface area (TPSA) is 144 Å². The molecule has 6 atom stereocenters. The third kappa shape index (κ3) is 4.09. The molecule has 0 bridgehead atoms. The second kappa shape index (κ2) is 10.9. The van der Waals surface area contributed by atoms with Crippen LogP contribution in [-0.4, -0.2) is 46.5 Å². The Hall–Kier alpha value is -4.83. The van der Waals surface area contributed by atoms with Crippen LogP contribution in [0, 0.1) is 23.7 Å². The molecule has 0 spiro atoms. The fourth-order valence-corrected chi connectivity index (χ4v) is 8.84. The number of allylic oxidation sites excluding steroid dienone is 4. The second-order valence-electron chi connectivity index (χ2n) is 12.2. The standard InChI is InChI=1S/C36H29BrN2O7/c1-46-27-15-19(14-26(37)32(27)42)30-21-12-13-22-29(34(44)39(33(22)43)35(38)45)24(21)16-25-31(41)23(18-8-4-2-5-9-18)17-28(40)36(25,30)20-10-6-3-7-11-20/h2-12,14-15,17,22,24-25,29-30,42H,13,16H2,1H3,(H2,38,45). The molecule has 6 unspecified atom stereocenters. The number of nitrogens with zero attached hydrogens (tertiary/aromatic N) is 1. The summed E-state index contributed by atoms with van der Waals surface area (Å²) >= 11 is 3.44. The van der Waals surface area contributed by atoms with E-state index in [1.807, 2.05) is 42.5 Å². The van der Waals surface area contributed by atoms with Gasteiger partial charge in [0.15, 0.2) is 23.1 Å². The van der Waals surface area contributed by atoms with Crippen LogP contribution in [0.3, 0.4) is 0 Å². The smallest absolute Gasteiger partial charge is 0.328 e. The molecule has 3 aromatic carbocycles. The number of benzene rings is 3. The summed E-state index contributed by atoms with van der Waals surface area (Å²) in [6.45, 7) is 0. The predicted molar refractivity (Wildman–Crippen MR) is 170 cm³/mol. The molecule has 46 heavy (non-hydrogen) atoms. The van der Waals surface area contributed by atoms with Crippen LogP contribution < -0.4 is 10.5 Å². The summed E-state index contributed by atoms with van der Waals surface area (Å²) in [6.07, 6.45) is 3.57. The van der Waals surface area contributed by atoms with Crippen LogP contribution in [0.25, 0.3) is 5.57 Å². The number of carbonyl (C=O) groups excluding carboxylic acids is 5. The molecule has 0 radical (unpaired) electrons. The van der Waals surface area contributed by atoms with Gasteiger partial charge in [0, 0.05) is 17.4 Å². The number of hydrogen-bond donors (Lipinski definition) is 2. The molecule has 1 heterocycles. The Bertz CT molecular complexity index is 1900. The molecule has 3 N–H and O–H groups in total. The van der Waals surface area contributed by atoms with Crippen LogP contribution in [0.4, 0.5) is 4.79 Å². The molecule has 4 aliphatic rings. The number of fused-ring (bicyclic) bond motifs is 4. The fraction of sp³-hybridized carbons (Fsp3) is 0.250. The first kappa shape index (κ1) is 29.9. The normalized spacial score (nSPS) is 28.6. The molecule has 9 nitrogen and oxygen atoms in total. The highest BCUT2D eigenvalue weighted by Gasteiger charge is 2.66. The molecule has 7 rings (SSSR count). The van der Waals surface area contributed by atoms with E-state index in [9.17, 15) is 29.1 Å². The van der Waals surface area contributed by atoms with Gasteiger partial charge >= 0.3 is 6.03 Å². The number of aromatic hydroxyl groups is 1. The van der Waals surface area contributed by atoms with Crippen LogP contribution >= 0.6 is 15.9 Å². The number of hydrogen-bond acceptors (Lipinski definition) is 7. The van der Waals surface area contributed by atoms with Crippen molar-refractivity contribution in [2.24, 2.45) is 29.4 Å². The number of Topliss-reactive ketones (excluding diaryl/α,β-unsaturated/α-hetero) is 1. The highest BCUT2D eigenvalue weighted by Crippen LogP contribution is 2.64. The third-order valence-corrected chi connectivity index (χ3v) is 10.8. The van der Waals surface area contributed by atoms with Crippen molar-refractivity contribution in [1.29, 1.82) is 0 Å². The Kier molecular flexibility index (Phi) is 7.08. The van der Waals surface area contributed by atoms with E-state index in [1.165, 1.54) is 13.2 Å². The minimum atomic E-state index is -1.44. The molecule has 232 valence electrons. The SMILES string of the molecule is COc1cc(C2C3=CCC4C(=O)N(C(N)=O)C(=O)C4C3CC3C(=O)C(c4ccccc4)=CC(=O)C32c2ccccc2)cc(Br)c1O. The summed E-state index contributed by atoms with van der Waals surface area (Å²) in [7, 11) is 1.42. The van der Waals surface area contributed by atoms with Gasteiger partial charge in [-0.25, -0.2) is 4.79 Å². The Morgan fingerprint density at radius 3 is 2.30 bits per heavy atom. The highest BCUT2D eigenvalue weighted by molar-refractivity contribution is 9.10. The van der Waals surface area contributed by atoms with Gasteiger partial charge in [0.1, 0.15) is 0 Å². The zero-order valence-corrected chi connectivity index (χ0v) is 26.3. The van der Waals surface area contributed by atoms with Crippen molar-refractivity contribution in [3.8, 4) is 11.5 Å². The number of phenolic OH excluding ortho intramolecular Hbond substituents is 1. The van der Waals surface area contributed by atoms with E-state index in [1.54, 1.807) is 36.4 Å². The number of imide groups is 3. The summed E-state index contributed by atoms with van der Waals surface area (Å²) in [6, 6.07) is 20.3. The molecular weight excluding hydrogens is 652 g/mol.